The SMILES string of the molecule is C=CC[C@@H](NC(=O)COCCOC)C(=O)OC. The van der Waals surface area contributed by atoms with Crippen molar-refractivity contribution in [1.29, 1.82) is 0 Å². The molecule has 98 valence electrons. The van der Waals surface area contributed by atoms with Gasteiger partial charge < -0.3 is 19.5 Å². The molecule has 0 aromatic rings. The highest BCUT2D eigenvalue weighted by Crippen LogP contribution is 1.96. The van der Waals surface area contributed by atoms with Crippen molar-refractivity contribution in [3.8, 4) is 0 Å². The highest BCUT2D eigenvalue weighted by atomic mass is 16.5. The predicted octanol–water partition coefficient (Wildman–Crippen LogP) is -0.117. The molecule has 0 saturated carbocycles. The maximum absolute atomic E-state index is 11.4. The Morgan fingerprint density at radius 3 is 2.59 bits per heavy atom. The van der Waals surface area contributed by atoms with Gasteiger partial charge in [-0.25, -0.2) is 4.79 Å². The molecule has 0 aliphatic rings. The Labute approximate surface area is 101 Å². The number of methoxy groups -OCH3 is 2. The van der Waals surface area contributed by atoms with E-state index in [1.807, 2.05) is 0 Å². The quantitative estimate of drug-likeness (QED) is 0.348. The Bertz CT molecular complexity index is 254. The summed E-state index contributed by atoms with van der Waals surface area (Å²) in [5.41, 5.74) is 0. The number of esters is 1. The Morgan fingerprint density at radius 2 is 2.06 bits per heavy atom. The molecular formula is C11H19NO5. The van der Waals surface area contributed by atoms with E-state index in [1.165, 1.54) is 13.2 Å². The van der Waals surface area contributed by atoms with Crippen LogP contribution in [0.25, 0.3) is 0 Å². The Hall–Kier alpha value is -1.40. The molecule has 0 aliphatic heterocycles. The summed E-state index contributed by atoms with van der Waals surface area (Å²) in [5.74, 6) is -0.881. The molecule has 0 radical (unpaired) electrons. The second kappa shape index (κ2) is 9.80. The number of rotatable bonds is 9. The lowest BCUT2D eigenvalue weighted by atomic mass is 10.2. The molecule has 0 fully saturated rings. The zero-order chi connectivity index (χ0) is 13.1. The lowest BCUT2D eigenvalue weighted by molar-refractivity contribution is -0.145. The molecule has 0 aliphatic carbocycles. The van der Waals surface area contributed by atoms with Crippen molar-refractivity contribution in [3.63, 3.8) is 0 Å². The smallest absolute Gasteiger partial charge is 0.328 e. The summed E-state index contributed by atoms with van der Waals surface area (Å²) in [5, 5.41) is 2.49. The summed E-state index contributed by atoms with van der Waals surface area (Å²) < 4.78 is 14.3. The molecule has 0 unspecified atom stereocenters. The molecule has 1 amide bonds. The van der Waals surface area contributed by atoms with E-state index in [-0.39, 0.29) is 12.5 Å². The second-order valence-corrected chi connectivity index (χ2v) is 3.21. The van der Waals surface area contributed by atoms with Gasteiger partial charge in [0.1, 0.15) is 12.6 Å². The van der Waals surface area contributed by atoms with Gasteiger partial charge in [0.05, 0.1) is 20.3 Å². The van der Waals surface area contributed by atoms with Gasteiger partial charge in [-0.05, 0) is 6.42 Å². The van der Waals surface area contributed by atoms with Crippen molar-refractivity contribution < 1.29 is 23.8 Å². The van der Waals surface area contributed by atoms with E-state index >= 15 is 0 Å². The highest BCUT2D eigenvalue weighted by Gasteiger charge is 2.19. The molecule has 0 rings (SSSR count). The lowest BCUT2D eigenvalue weighted by Gasteiger charge is -2.14. The zero-order valence-electron chi connectivity index (χ0n) is 10.2. The van der Waals surface area contributed by atoms with Crippen LogP contribution in [0.1, 0.15) is 6.42 Å². The van der Waals surface area contributed by atoms with Crippen molar-refractivity contribution in [3.05, 3.63) is 12.7 Å². The van der Waals surface area contributed by atoms with Crippen molar-refractivity contribution in [2.45, 2.75) is 12.5 Å². The fourth-order valence-corrected chi connectivity index (χ4v) is 1.07. The van der Waals surface area contributed by atoms with Gasteiger partial charge in [-0.2, -0.15) is 0 Å². The third kappa shape index (κ3) is 7.48. The number of hydrogen-bond acceptors (Lipinski definition) is 5. The van der Waals surface area contributed by atoms with Crippen LogP contribution in [0.3, 0.4) is 0 Å². The monoisotopic (exact) mass is 245 g/mol. The van der Waals surface area contributed by atoms with Crippen LogP contribution in [0.2, 0.25) is 0 Å². The molecule has 17 heavy (non-hydrogen) atoms. The van der Waals surface area contributed by atoms with Crippen LogP contribution in [-0.2, 0) is 23.8 Å². The summed E-state index contributed by atoms with van der Waals surface area (Å²) in [4.78, 5) is 22.7. The first-order valence-electron chi connectivity index (χ1n) is 5.20. The van der Waals surface area contributed by atoms with Gasteiger partial charge in [-0.1, -0.05) is 6.08 Å². The number of hydrogen-bond donors (Lipinski definition) is 1. The number of amides is 1. The molecule has 0 heterocycles. The van der Waals surface area contributed by atoms with Gasteiger partial charge in [0.15, 0.2) is 0 Å². The van der Waals surface area contributed by atoms with Gasteiger partial charge in [-0.15, -0.1) is 6.58 Å². The third-order valence-corrected chi connectivity index (χ3v) is 1.89. The van der Waals surface area contributed by atoms with Gasteiger partial charge >= 0.3 is 5.97 Å². The Balaban J connectivity index is 3.95. The van der Waals surface area contributed by atoms with Crippen LogP contribution >= 0.6 is 0 Å². The summed E-state index contributed by atoms with van der Waals surface area (Å²) >= 11 is 0. The molecule has 6 nitrogen and oxygen atoms in total. The molecule has 1 atom stereocenters. The topological polar surface area (TPSA) is 73.9 Å². The van der Waals surface area contributed by atoms with Crippen molar-refractivity contribution >= 4 is 11.9 Å². The van der Waals surface area contributed by atoms with E-state index in [0.29, 0.717) is 19.6 Å². The van der Waals surface area contributed by atoms with Crippen LogP contribution < -0.4 is 5.32 Å². The second-order valence-electron chi connectivity index (χ2n) is 3.21. The maximum Gasteiger partial charge on any atom is 0.328 e. The van der Waals surface area contributed by atoms with Crippen LogP contribution in [0.4, 0.5) is 0 Å². The minimum absolute atomic E-state index is 0.117. The average Bonchev–Trinajstić information content (AvgIpc) is 2.33. The molecule has 0 aromatic heterocycles. The van der Waals surface area contributed by atoms with E-state index < -0.39 is 12.0 Å². The average molecular weight is 245 g/mol. The van der Waals surface area contributed by atoms with Crippen molar-refractivity contribution in [2.24, 2.45) is 0 Å². The van der Waals surface area contributed by atoms with E-state index in [2.05, 4.69) is 16.6 Å². The summed E-state index contributed by atoms with van der Waals surface area (Å²) in [6, 6.07) is -0.712. The third-order valence-electron chi connectivity index (χ3n) is 1.89. The molecule has 6 heteroatoms. The number of nitrogens with one attached hydrogen (secondary N) is 1. The van der Waals surface area contributed by atoms with Crippen molar-refractivity contribution in [2.75, 3.05) is 34.0 Å². The molecule has 0 spiro atoms. The normalized spacial score (nSPS) is 11.6. The first kappa shape index (κ1) is 15.6. The number of ether oxygens (including phenoxy) is 3. The highest BCUT2D eigenvalue weighted by molar-refractivity contribution is 5.85. The van der Waals surface area contributed by atoms with Crippen LogP contribution in [0, 0.1) is 0 Å². The molecular weight excluding hydrogens is 226 g/mol. The van der Waals surface area contributed by atoms with Crippen LogP contribution in [0.5, 0.6) is 0 Å². The fourth-order valence-electron chi connectivity index (χ4n) is 1.07. The first-order chi connectivity index (χ1) is 8.15. The molecule has 0 saturated heterocycles. The largest absolute Gasteiger partial charge is 0.467 e. The summed E-state index contributed by atoms with van der Waals surface area (Å²) in [6.45, 7) is 4.13. The molecule has 0 aromatic carbocycles. The molecule has 0 bridgehead atoms. The lowest BCUT2D eigenvalue weighted by Crippen LogP contribution is -2.42. The Kier molecular flexibility index (Phi) is 8.99. The van der Waals surface area contributed by atoms with Crippen LogP contribution in [0.15, 0.2) is 12.7 Å². The fraction of sp³-hybridized carbons (Fsp3) is 0.636. The maximum atomic E-state index is 11.4. The predicted molar refractivity (Wildman–Crippen MR) is 61.5 cm³/mol. The van der Waals surface area contributed by atoms with Crippen molar-refractivity contribution in [1.82, 2.24) is 5.32 Å². The summed E-state index contributed by atoms with van der Waals surface area (Å²) in [7, 11) is 2.81. The Morgan fingerprint density at radius 1 is 1.35 bits per heavy atom. The van der Waals surface area contributed by atoms with Crippen LogP contribution in [-0.4, -0.2) is 52.0 Å². The summed E-state index contributed by atoms with van der Waals surface area (Å²) in [6.07, 6.45) is 1.85. The standard InChI is InChI=1S/C11H19NO5/c1-4-5-9(11(14)16-3)12-10(13)8-17-7-6-15-2/h4,9H,1,5-8H2,2-3H3,(H,12,13)/t9-/m1/s1. The first-order valence-corrected chi connectivity index (χ1v) is 5.20. The van der Waals surface area contributed by atoms with E-state index in [1.54, 1.807) is 7.11 Å². The van der Waals surface area contributed by atoms with E-state index in [4.69, 9.17) is 9.47 Å². The van der Waals surface area contributed by atoms with Gasteiger partial charge in [0.2, 0.25) is 5.91 Å². The minimum atomic E-state index is -0.712. The van der Waals surface area contributed by atoms with Gasteiger partial charge in [0, 0.05) is 7.11 Å². The zero-order valence-corrected chi connectivity index (χ0v) is 10.2. The van der Waals surface area contributed by atoms with Gasteiger partial charge in [-0.3, -0.25) is 4.79 Å². The minimum Gasteiger partial charge on any atom is -0.467 e. The number of carbonyl (C=O) groups is 2. The molecule has 1 N–H and O–H groups in total. The number of carbonyl (C=O) groups excluding carboxylic acids is 2. The van der Waals surface area contributed by atoms with E-state index in [0.717, 1.165) is 0 Å². The van der Waals surface area contributed by atoms with Gasteiger partial charge in [0.25, 0.3) is 0 Å². The van der Waals surface area contributed by atoms with E-state index in [9.17, 15) is 9.59 Å².